The number of amides is 2. The standard InChI is InChI=1S/C15H22N2O2/c1-5-15(2,3)14(19)17-12(13(18)16-4)11-9-7-6-8-10-11/h6-10,12H,5H2,1-4H3,(H,16,18)(H,17,19). The summed E-state index contributed by atoms with van der Waals surface area (Å²) in [5.74, 6) is -0.334. The van der Waals surface area contributed by atoms with Crippen molar-refractivity contribution in [3.8, 4) is 0 Å². The van der Waals surface area contributed by atoms with Gasteiger partial charge >= 0.3 is 0 Å². The van der Waals surface area contributed by atoms with Crippen LogP contribution in [-0.4, -0.2) is 18.9 Å². The molecule has 104 valence electrons. The summed E-state index contributed by atoms with van der Waals surface area (Å²) in [6, 6.07) is 8.59. The second kappa shape index (κ2) is 6.36. The van der Waals surface area contributed by atoms with Gasteiger partial charge in [-0.15, -0.1) is 0 Å². The van der Waals surface area contributed by atoms with E-state index < -0.39 is 11.5 Å². The molecule has 0 aliphatic rings. The molecule has 1 aromatic carbocycles. The van der Waals surface area contributed by atoms with E-state index in [1.54, 1.807) is 7.05 Å². The van der Waals surface area contributed by atoms with E-state index in [0.717, 1.165) is 5.56 Å². The number of nitrogens with one attached hydrogen (secondary N) is 2. The van der Waals surface area contributed by atoms with Crippen molar-refractivity contribution >= 4 is 11.8 Å². The quantitative estimate of drug-likeness (QED) is 0.853. The number of hydrogen-bond acceptors (Lipinski definition) is 2. The molecule has 0 saturated heterocycles. The van der Waals surface area contributed by atoms with E-state index in [1.807, 2.05) is 51.1 Å². The lowest BCUT2D eigenvalue weighted by Gasteiger charge is -2.25. The maximum absolute atomic E-state index is 12.2. The Morgan fingerprint density at radius 3 is 2.26 bits per heavy atom. The highest BCUT2D eigenvalue weighted by Gasteiger charge is 2.30. The monoisotopic (exact) mass is 262 g/mol. The predicted molar refractivity (Wildman–Crippen MR) is 75.5 cm³/mol. The zero-order chi connectivity index (χ0) is 14.5. The van der Waals surface area contributed by atoms with Crippen LogP contribution in [0.4, 0.5) is 0 Å². The molecular formula is C15H22N2O2. The fourth-order valence-corrected chi connectivity index (χ4v) is 1.58. The third-order valence-electron chi connectivity index (χ3n) is 3.42. The van der Waals surface area contributed by atoms with E-state index >= 15 is 0 Å². The normalized spacial score (nSPS) is 12.6. The highest BCUT2D eigenvalue weighted by atomic mass is 16.2. The van der Waals surface area contributed by atoms with Gasteiger partial charge in [0.1, 0.15) is 6.04 Å². The summed E-state index contributed by atoms with van der Waals surface area (Å²) >= 11 is 0. The first kappa shape index (κ1) is 15.2. The molecule has 0 bridgehead atoms. The number of likely N-dealkylation sites (N-methyl/N-ethyl adjacent to an activating group) is 1. The number of carbonyl (C=O) groups is 2. The first-order valence-electron chi connectivity index (χ1n) is 6.50. The minimum Gasteiger partial charge on any atom is -0.357 e. The van der Waals surface area contributed by atoms with Crippen LogP contribution in [0.25, 0.3) is 0 Å². The molecular weight excluding hydrogens is 240 g/mol. The molecule has 0 heterocycles. The Morgan fingerprint density at radius 2 is 1.79 bits per heavy atom. The molecule has 4 nitrogen and oxygen atoms in total. The summed E-state index contributed by atoms with van der Waals surface area (Å²) in [7, 11) is 1.56. The van der Waals surface area contributed by atoms with E-state index in [9.17, 15) is 9.59 Å². The molecule has 0 saturated carbocycles. The average molecular weight is 262 g/mol. The van der Waals surface area contributed by atoms with Crippen LogP contribution < -0.4 is 10.6 Å². The lowest BCUT2D eigenvalue weighted by atomic mass is 9.88. The fourth-order valence-electron chi connectivity index (χ4n) is 1.58. The van der Waals surface area contributed by atoms with E-state index in [4.69, 9.17) is 0 Å². The first-order chi connectivity index (χ1) is 8.92. The second-order valence-corrected chi connectivity index (χ2v) is 5.17. The SMILES string of the molecule is CCC(C)(C)C(=O)NC(C(=O)NC)c1ccccc1. The van der Waals surface area contributed by atoms with Crippen molar-refractivity contribution in [3.63, 3.8) is 0 Å². The predicted octanol–water partition coefficient (Wildman–Crippen LogP) is 2.03. The van der Waals surface area contributed by atoms with Crippen molar-refractivity contribution in [1.82, 2.24) is 10.6 Å². The Kier molecular flexibility index (Phi) is 5.10. The van der Waals surface area contributed by atoms with Gasteiger partial charge in [-0.2, -0.15) is 0 Å². The molecule has 0 fully saturated rings. The molecule has 1 aromatic rings. The van der Waals surface area contributed by atoms with Crippen LogP contribution in [0.3, 0.4) is 0 Å². The topological polar surface area (TPSA) is 58.2 Å². The summed E-state index contributed by atoms with van der Waals surface area (Å²) in [5, 5.41) is 5.41. The van der Waals surface area contributed by atoms with Gasteiger partial charge in [0.15, 0.2) is 0 Å². The lowest BCUT2D eigenvalue weighted by molar-refractivity contribution is -0.134. The van der Waals surface area contributed by atoms with Crippen LogP contribution >= 0.6 is 0 Å². The van der Waals surface area contributed by atoms with Gasteiger partial charge in [0.2, 0.25) is 11.8 Å². The molecule has 0 aliphatic heterocycles. The van der Waals surface area contributed by atoms with E-state index in [1.165, 1.54) is 0 Å². The molecule has 0 spiro atoms. The van der Waals surface area contributed by atoms with Crippen molar-refractivity contribution in [3.05, 3.63) is 35.9 Å². The number of carbonyl (C=O) groups excluding carboxylic acids is 2. The lowest BCUT2D eigenvalue weighted by Crippen LogP contribution is -2.44. The summed E-state index contributed by atoms with van der Waals surface area (Å²) in [6.45, 7) is 5.69. The average Bonchev–Trinajstić information content (AvgIpc) is 2.44. The molecule has 1 rings (SSSR count). The summed E-state index contributed by atoms with van der Waals surface area (Å²) in [4.78, 5) is 24.1. The first-order valence-corrected chi connectivity index (χ1v) is 6.50. The molecule has 0 aliphatic carbocycles. The summed E-state index contributed by atoms with van der Waals surface area (Å²) in [6.07, 6.45) is 0.716. The van der Waals surface area contributed by atoms with Gasteiger partial charge in [-0.3, -0.25) is 9.59 Å². The molecule has 2 N–H and O–H groups in total. The zero-order valence-electron chi connectivity index (χ0n) is 12.0. The molecule has 2 amide bonds. The van der Waals surface area contributed by atoms with Gasteiger partial charge in [0.25, 0.3) is 0 Å². The van der Waals surface area contributed by atoms with E-state index in [2.05, 4.69) is 10.6 Å². The van der Waals surface area contributed by atoms with Gasteiger partial charge in [-0.25, -0.2) is 0 Å². The van der Waals surface area contributed by atoms with Crippen molar-refractivity contribution in [2.24, 2.45) is 5.41 Å². The van der Waals surface area contributed by atoms with Crippen LogP contribution in [0.2, 0.25) is 0 Å². The number of rotatable bonds is 5. The summed E-state index contributed by atoms with van der Waals surface area (Å²) < 4.78 is 0. The van der Waals surface area contributed by atoms with Crippen LogP contribution in [0.5, 0.6) is 0 Å². The highest BCUT2D eigenvalue weighted by Crippen LogP contribution is 2.22. The largest absolute Gasteiger partial charge is 0.357 e. The third-order valence-corrected chi connectivity index (χ3v) is 3.42. The Balaban J connectivity index is 2.95. The second-order valence-electron chi connectivity index (χ2n) is 5.17. The van der Waals surface area contributed by atoms with E-state index in [-0.39, 0.29) is 11.8 Å². The Labute approximate surface area is 114 Å². The number of benzene rings is 1. The van der Waals surface area contributed by atoms with E-state index in [0.29, 0.717) is 6.42 Å². The Morgan fingerprint density at radius 1 is 1.21 bits per heavy atom. The molecule has 0 aromatic heterocycles. The minimum atomic E-state index is -0.649. The van der Waals surface area contributed by atoms with Crippen molar-refractivity contribution < 1.29 is 9.59 Å². The zero-order valence-corrected chi connectivity index (χ0v) is 12.0. The van der Waals surface area contributed by atoms with Crippen LogP contribution in [0.15, 0.2) is 30.3 Å². The molecule has 0 radical (unpaired) electrons. The molecule has 1 atom stereocenters. The highest BCUT2D eigenvalue weighted by molar-refractivity contribution is 5.90. The fraction of sp³-hybridized carbons (Fsp3) is 0.467. The van der Waals surface area contributed by atoms with Crippen molar-refractivity contribution in [2.75, 3.05) is 7.05 Å². The van der Waals surface area contributed by atoms with Crippen LogP contribution in [0, 0.1) is 5.41 Å². The van der Waals surface area contributed by atoms with Crippen LogP contribution in [-0.2, 0) is 9.59 Å². The van der Waals surface area contributed by atoms with Gasteiger partial charge < -0.3 is 10.6 Å². The molecule has 1 unspecified atom stereocenters. The van der Waals surface area contributed by atoms with Crippen molar-refractivity contribution in [2.45, 2.75) is 33.2 Å². The molecule has 19 heavy (non-hydrogen) atoms. The third kappa shape index (κ3) is 3.81. The maximum Gasteiger partial charge on any atom is 0.246 e. The Bertz CT molecular complexity index is 441. The van der Waals surface area contributed by atoms with Gasteiger partial charge in [-0.05, 0) is 12.0 Å². The minimum absolute atomic E-state index is 0.118. The van der Waals surface area contributed by atoms with Gasteiger partial charge in [0, 0.05) is 12.5 Å². The van der Waals surface area contributed by atoms with Gasteiger partial charge in [0.05, 0.1) is 0 Å². The Hall–Kier alpha value is -1.84. The van der Waals surface area contributed by atoms with Crippen LogP contribution in [0.1, 0.15) is 38.8 Å². The maximum atomic E-state index is 12.2. The van der Waals surface area contributed by atoms with Crippen molar-refractivity contribution in [1.29, 1.82) is 0 Å². The number of hydrogen-bond donors (Lipinski definition) is 2. The summed E-state index contributed by atoms with van der Waals surface area (Å²) in [5.41, 5.74) is 0.295. The molecule has 4 heteroatoms. The smallest absolute Gasteiger partial charge is 0.246 e. The van der Waals surface area contributed by atoms with Gasteiger partial charge in [-0.1, -0.05) is 51.1 Å².